The first-order valence-electron chi connectivity index (χ1n) is 8.08. The van der Waals surface area contributed by atoms with E-state index in [0.717, 1.165) is 21.2 Å². The van der Waals surface area contributed by atoms with Crippen molar-refractivity contribution in [1.82, 2.24) is 0 Å². The zero-order chi connectivity index (χ0) is 18.5. The molecule has 3 aromatic rings. The summed E-state index contributed by atoms with van der Waals surface area (Å²) in [6.45, 7) is 1.52. The van der Waals surface area contributed by atoms with Gasteiger partial charge in [0.2, 0.25) is 0 Å². The smallest absolute Gasteiger partial charge is 0.344 e. The third-order valence-electron chi connectivity index (χ3n) is 3.76. The summed E-state index contributed by atoms with van der Waals surface area (Å²) in [5, 5.41) is 0.998. The van der Waals surface area contributed by atoms with Gasteiger partial charge in [0, 0.05) is 21.8 Å². The van der Waals surface area contributed by atoms with Crippen LogP contribution in [-0.4, -0.2) is 25.0 Å². The van der Waals surface area contributed by atoms with Crippen LogP contribution in [0.15, 0.2) is 57.4 Å². The molecule has 134 valence electrons. The molecule has 26 heavy (non-hydrogen) atoms. The molecule has 0 aliphatic rings. The summed E-state index contributed by atoms with van der Waals surface area (Å²) in [5.74, 6) is 0.787. The topological polar surface area (TPSA) is 65.7 Å². The normalized spacial score (nSPS) is 10.7. The Hall–Kier alpha value is -2.60. The van der Waals surface area contributed by atoms with E-state index in [1.807, 2.05) is 24.3 Å². The Morgan fingerprint density at radius 2 is 1.85 bits per heavy atom. The summed E-state index contributed by atoms with van der Waals surface area (Å²) in [6.07, 6.45) is 0.491. The maximum Gasteiger partial charge on any atom is 0.344 e. The lowest BCUT2D eigenvalue weighted by Crippen LogP contribution is -2.16. The summed E-state index contributed by atoms with van der Waals surface area (Å²) < 4.78 is 17.2. The zero-order valence-electron chi connectivity index (χ0n) is 14.2. The minimum Gasteiger partial charge on any atom is -0.482 e. The second kappa shape index (κ2) is 8.19. The van der Waals surface area contributed by atoms with Crippen LogP contribution in [0, 0.1) is 0 Å². The summed E-state index contributed by atoms with van der Waals surface area (Å²) in [6, 6.07) is 14.3. The highest BCUT2D eigenvalue weighted by Crippen LogP contribution is 2.23. The maximum atomic E-state index is 11.8. The fraction of sp³-hybridized carbons (Fsp3) is 0.200. The van der Waals surface area contributed by atoms with Crippen molar-refractivity contribution in [2.24, 2.45) is 0 Å². The number of hydrogen-bond acceptors (Lipinski definition) is 5. The standard InChI is InChI=1S/C20H17BrO5/c1-13(22)14-2-5-17(6-3-14)25-12-20(23)24-9-8-18-11-15-10-16(21)4-7-19(15)26-18/h2-7,10-11H,8-9,12H2,1H3. The molecular formula is C20H17BrO5. The van der Waals surface area contributed by atoms with Crippen molar-refractivity contribution in [3.8, 4) is 5.75 Å². The van der Waals surface area contributed by atoms with Crippen LogP contribution in [0.3, 0.4) is 0 Å². The quantitative estimate of drug-likeness (QED) is 0.417. The second-order valence-corrected chi connectivity index (χ2v) is 6.65. The van der Waals surface area contributed by atoms with Crippen molar-refractivity contribution < 1.29 is 23.5 Å². The number of esters is 1. The third kappa shape index (κ3) is 4.73. The number of carbonyl (C=O) groups excluding carboxylic acids is 2. The molecule has 0 amide bonds. The van der Waals surface area contributed by atoms with Gasteiger partial charge in [0.15, 0.2) is 12.4 Å². The summed E-state index contributed by atoms with van der Waals surface area (Å²) >= 11 is 3.42. The number of benzene rings is 2. The molecule has 0 spiro atoms. The van der Waals surface area contributed by atoms with Crippen molar-refractivity contribution in [3.63, 3.8) is 0 Å². The number of ketones is 1. The van der Waals surface area contributed by atoms with Crippen LogP contribution in [0.2, 0.25) is 0 Å². The minimum atomic E-state index is -0.459. The van der Waals surface area contributed by atoms with E-state index in [1.165, 1.54) is 6.92 Å². The van der Waals surface area contributed by atoms with E-state index >= 15 is 0 Å². The van der Waals surface area contributed by atoms with Crippen molar-refractivity contribution in [1.29, 1.82) is 0 Å². The molecule has 0 unspecified atom stereocenters. The molecule has 0 aliphatic carbocycles. The number of halogens is 1. The van der Waals surface area contributed by atoms with Crippen LogP contribution < -0.4 is 4.74 Å². The van der Waals surface area contributed by atoms with Gasteiger partial charge >= 0.3 is 5.97 Å². The molecule has 0 saturated heterocycles. The lowest BCUT2D eigenvalue weighted by molar-refractivity contribution is -0.145. The van der Waals surface area contributed by atoms with Gasteiger partial charge in [0.05, 0.1) is 6.61 Å². The Bertz CT molecular complexity index is 927. The first-order chi connectivity index (χ1) is 12.5. The molecule has 0 aliphatic heterocycles. The second-order valence-electron chi connectivity index (χ2n) is 5.73. The number of ether oxygens (including phenoxy) is 2. The van der Waals surface area contributed by atoms with Gasteiger partial charge in [-0.25, -0.2) is 4.79 Å². The van der Waals surface area contributed by atoms with Crippen molar-refractivity contribution >= 4 is 38.7 Å². The van der Waals surface area contributed by atoms with Crippen LogP contribution >= 0.6 is 15.9 Å². The van der Waals surface area contributed by atoms with Gasteiger partial charge in [-0.1, -0.05) is 15.9 Å². The molecule has 0 saturated carbocycles. The Morgan fingerprint density at radius 3 is 2.58 bits per heavy atom. The highest BCUT2D eigenvalue weighted by atomic mass is 79.9. The van der Waals surface area contributed by atoms with Crippen LogP contribution in [0.4, 0.5) is 0 Å². The average Bonchev–Trinajstić information content (AvgIpc) is 3.02. The molecule has 0 radical (unpaired) electrons. The van der Waals surface area contributed by atoms with Crippen molar-refractivity contribution in [2.75, 3.05) is 13.2 Å². The summed E-state index contributed by atoms with van der Waals surface area (Å²) in [4.78, 5) is 23.0. The molecule has 0 bridgehead atoms. The summed E-state index contributed by atoms with van der Waals surface area (Å²) in [5.41, 5.74) is 1.39. The maximum absolute atomic E-state index is 11.8. The largest absolute Gasteiger partial charge is 0.482 e. The highest BCUT2D eigenvalue weighted by molar-refractivity contribution is 9.10. The lowest BCUT2D eigenvalue weighted by atomic mass is 10.1. The molecule has 0 N–H and O–H groups in total. The Labute approximate surface area is 159 Å². The van der Waals surface area contributed by atoms with Gasteiger partial charge in [-0.15, -0.1) is 0 Å². The van der Waals surface area contributed by atoms with E-state index in [0.29, 0.717) is 17.7 Å². The fourth-order valence-electron chi connectivity index (χ4n) is 2.43. The number of hydrogen-bond donors (Lipinski definition) is 0. The molecule has 1 aromatic heterocycles. The molecule has 0 atom stereocenters. The number of rotatable bonds is 7. The predicted molar refractivity (Wildman–Crippen MR) is 101 cm³/mol. The molecule has 0 fully saturated rings. The number of Topliss-reactive ketones (excluding diaryl/α,β-unsaturated/α-hetero) is 1. The van der Waals surface area contributed by atoms with Gasteiger partial charge in [-0.3, -0.25) is 4.79 Å². The monoisotopic (exact) mass is 416 g/mol. The third-order valence-corrected chi connectivity index (χ3v) is 4.25. The van der Waals surface area contributed by atoms with E-state index in [-0.39, 0.29) is 19.0 Å². The zero-order valence-corrected chi connectivity index (χ0v) is 15.7. The SMILES string of the molecule is CC(=O)c1ccc(OCC(=O)OCCc2cc3cc(Br)ccc3o2)cc1. The van der Waals surface area contributed by atoms with Gasteiger partial charge < -0.3 is 13.9 Å². The molecule has 6 heteroatoms. The highest BCUT2D eigenvalue weighted by Gasteiger charge is 2.08. The number of fused-ring (bicyclic) bond motifs is 1. The van der Waals surface area contributed by atoms with Crippen LogP contribution in [0.25, 0.3) is 11.0 Å². The lowest BCUT2D eigenvalue weighted by Gasteiger charge is -2.07. The first-order valence-corrected chi connectivity index (χ1v) is 8.88. The molecule has 1 heterocycles. The molecule has 3 rings (SSSR count). The minimum absolute atomic E-state index is 0.0195. The van der Waals surface area contributed by atoms with E-state index in [1.54, 1.807) is 24.3 Å². The van der Waals surface area contributed by atoms with Crippen LogP contribution in [0.5, 0.6) is 5.75 Å². The van der Waals surface area contributed by atoms with Crippen LogP contribution in [0.1, 0.15) is 23.0 Å². The van der Waals surface area contributed by atoms with Crippen molar-refractivity contribution in [2.45, 2.75) is 13.3 Å². The predicted octanol–water partition coefficient (Wildman–Crippen LogP) is 4.56. The fourth-order valence-corrected chi connectivity index (χ4v) is 2.81. The number of carbonyl (C=O) groups is 2. The van der Waals surface area contributed by atoms with Gasteiger partial charge in [-0.2, -0.15) is 0 Å². The van der Waals surface area contributed by atoms with Gasteiger partial charge in [-0.05, 0) is 55.5 Å². The Kier molecular flexibility index (Phi) is 5.73. The first kappa shape index (κ1) is 18.2. The summed E-state index contributed by atoms with van der Waals surface area (Å²) in [7, 11) is 0. The average molecular weight is 417 g/mol. The van der Waals surface area contributed by atoms with E-state index in [9.17, 15) is 9.59 Å². The number of furan rings is 1. The van der Waals surface area contributed by atoms with E-state index in [2.05, 4.69) is 15.9 Å². The van der Waals surface area contributed by atoms with E-state index in [4.69, 9.17) is 13.9 Å². The Morgan fingerprint density at radius 1 is 1.08 bits per heavy atom. The Balaban J connectivity index is 1.44. The van der Waals surface area contributed by atoms with Crippen molar-refractivity contribution in [3.05, 3.63) is 64.3 Å². The van der Waals surface area contributed by atoms with E-state index < -0.39 is 5.97 Å². The van der Waals surface area contributed by atoms with Gasteiger partial charge in [0.1, 0.15) is 17.1 Å². The molecule has 5 nitrogen and oxygen atoms in total. The molecular weight excluding hydrogens is 400 g/mol. The van der Waals surface area contributed by atoms with Crippen LogP contribution in [-0.2, 0) is 16.0 Å². The van der Waals surface area contributed by atoms with Gasteiger partial charge in [0.25, 0.3) is 0 Å². The molecule has 2 aromatic carbocycles.